The van der Waals surface area contributed by atoms with Gasteiger partial charge in [-0.2, -0.15) is 0 Å². The van der Waals surface area contributed by atoms with E-state index in [0.29, 0.717) is 42.6 Å². The van der Waals surface area contributed by atoms with Gasteiger partial charge >= 0.3 is 0 Å². The molecule has 1 atom stereocenters. The number of methoxy groups -OCH3 is 1. The van der Waals surface area contributed by atoms with Gasteiger partial charge in [-0.15, -0.1) is 0 Å². The topological polar surface area (TPSA) is 56.6 Å². The minimum atomic E-state index is -0.0533. The molecule has 0 aliphatic carbocycles. The molecule has 2 heterocycles. The quantitative estimate of drug-likeness (QED) is 0.311. The molecule has 1 aromatic heterocycles. The molecule has 1 fully saturated rings. The first-order valence-corrected chi connectivity index (χ1v) is 12.3. The maximum Gasteiger partial charge on any atom is 0.227 e. The van der Waals surface area contributed by atoms with E-state index in [-0.39, 0.29) is 11.8 Å². The van der Waals surface area contributed by atoms with E-state index >= 15 is 0 Å². The zero-order valence-corrected chi connectivity index (χ0v) is 20.7. The Kier molecular flexibility index (Phi) is 6.64. The Labute approximate surface area is 210 Å². The van der Waals surface area contributed by atoms with Crippen LogP contribution in [0.1, 0.15) is 30.7 Å². The van der Waals surface area contributed by atoms with Crippen molar-refractivity contribution < 1.29 is 14.3 Å². The number of rotatable bonds is 8. The summed E-state index contributed by atoms with van der Waals surface area (Å²) in [7, 11) is 1.60. The summed E-state index contributed by atoms with van der Waals surface area (Å²) in [5.74, 6) is 2.35. The molecular weight excluding hydrogens is 462 g/mol. The molecule has 4 aromatic rings. The Morgan fingerprint density at radius 3 is 2.66 bits per heavy atom. The summed E-state index contributed by atoms with van der Waals surface area (Å²) in [4.78, 5) is 19.8. The molecule has 35 heavy (non-hydrogen) atoms. The number of fused-ring (bicyclic) bond motifs is 1. The number of imidazole rings is 1. The smallest absolute Gasteiger partial charge is 0.227 e. The highest BCUT2D eigenvalue weighted by Gasteiger charge is 2.36. The summed E-state index contributed by atoms with van der Waals surface area (Å²) in [6.07, 6.45) is 1.38. The zero-order chi connectivity index (χ0) is 24.4. The predicted molar refractivity (Wildman–Crippen MR) is 139 cm³/mol. The Hall–Kier alpha value is -3.51. The molecular formula is C28H28ClN3O3. The number of aromatic nitrogens is 2. The summed E-state index contributed by atoms with van der Waals surface area (Å²) >= 11 is 6.23. The van der Waals surface area contributed by atoms with Gasteiger partial charge in [0.15, 0.2) is 0 Å². The lowest BCUT2D eigenvalue weighted by Gasteiger charge is -2.20. The zero-order valence-electron chi connectivity index (χ0n) is 19.9. The second-order valence-electron chi connectivity index (χ2n) is 8.68. The maximum atomic E-state index is 13.1. The van der Waals surface area contributed by atoms with Crippen LogP contribution >= 0.6 is 11.6 Å². The van der Waals surface area contributed by atoms with E-state index in [1.54, 1.807) is 30.2 Å². The van der Waals surface area contributed by atoms with Gasteiger partial charge in [-0.05, 0) is 54.4 Å². The third kappa shape index (κ3) is 4.71. The molecule has 0 spiro atoms. The molecule has 6 nitrogen and oxygen atoms in total. The normalized spacial score (nSPS) is 15.7. The van der Waals surface area contributed by atoms with Crippen LogP contribution in [0.2, 0.25) is 5.02 Å². The number of aryl methyl sites for hydroxylation is 1. The number of amides is 1. The van der Waals surface area contributed by atoms with Crippen molar-refractivity contribution in [3.05, 3.63) is 83.1 Å². The van der Waals surface area contributed by atoms with Crippen LogP contribution in [0.15, 0.2) is 66.7 Å². The standard InChI is InChI=1S/C28H28ClN3O3/c1-3-19-8-11-22(12-9-19)35-15-14-31-24-7-5-4-6-23(24)30-28(31)20-16-27(33)32(18-20)25-17-21(29)10-13-26(25)34-2/h4-13,17,20H,3,14-16,18H2,1-2H3. The van der Waals surface area contributed by atoms with E-state index in [9.17, 15) is 4.79 Å². The maximum absolute atomic E-state index is 13.1. The van der Waals surface area contributed by atoms with Gasteiger partial charge in [0.25, 0.3) is 0 Å². The van der Waals surface area contributed by atoms with Crippen molar-refractivity contribution in [3.63, 3.8) is 0 Å². The number of carbonyl (C=O) groups is 1. The second kappa shape index (κ2) is 10.0. The van der Waals surface area contributed by atoms with Crippen LogP contribution in [-0.4, -0.2) is 35.7 Å². The highest BCUT2D eigenvalue weighted by atomic mass is 35.5. The van der Waals surface area contributed by atoms with E-state index in [2.05, 4.69) is 29.7 Å². The molecule has 180 valence electrons. The fraction of sp³-hybridized carbons (Fsp3) is 0.286. The van der Waals surface area contributed by atoms with E-state index in [4.69, 9.17) is 26.1 Å². The van der Waals surface area contributed by atoms with Crippen LogP contribution in [0, 0.1) is 0 Å². The second-order valence-corrected chi connectivity index (χ2v) is 9.11. The molecule has 7 heteroatoms. The SMILES string of the molecule is CCc1ccc(OCCn2c(C3CC(=O)N(c4cc(Cl)ccc4OC)C3)nc3ccccc32)cc1. The van der Waals surface area contributed by atoms with Gasteiger partial charge in [0.05, 0.1) is 30.4 Å². The monoisotopic (exact) mass is 489 g/mol. The summed E-state index contributed by atoms with van der Waals surface area (Å²) in [5.41, 5.74) is 3.93. The minimum absolute atomic E-state index is 0.0291. The fourth-order valence-electron chi connectivity index (χ4n) is 4.70. The van der Waals surface area contributed by atoms with Crippen LogP contribution in [0.25, 0.3) is 11.0 Å². The Bertz CT molecular complexity index is 1350. The van der Waals surface area contributed by atoms with Crippen molar-refractivity contribution in [2.24, 2.45) is 0 Å². The number of halogens is 1. The van der Waals surface area contributed by atoms with E-state index in [1.807, 2.05) is 30.3 Å². The first kappa shape index (κ1) is 23.2. The lowest BCUT2D eigenvalue weighted by molar-refractivity contribution is -0.117. The lowest BCUT2D eigenvalue weighted by atomic mass is 10.1. The largest absolute Gasteiger partial charge is 0.495 e. The van der Waals surface area contributed by atoms with Gasteiger partial charge in [-0.1, -0.05) is 42.8 Å². The highest BCUT2D eigenvalue weighted by molar-refractivity contribution is 6.31. The molecule has 0 N–H and O–H groups in total. The Morgan fingerprint density at radius 2 is 1.89 bits per heavy atom. The van der Waals surface area contributed by atoms with E-state index in [1.165, 1.54) is 5.56 Å². The number of nitrogens with zero attached hydrogens (tertiary/aromatic N) is 3. The number of hydrogen-bond acceptors (Lipinski definition) is 4. The predicted octanol–water partition coefficient (Wildman–Crippen LogP) is 5.86. The molecule has 3 aromatic carbocycles. The molecule has 5 rings (SSSR count). The third-order valence-corrected chi connectivity index (χ3v) is 6.76. The van der Waals surface area contributed by atoms with Crippen LogP contribution in [-0.2, 0) is 17.8 Å². The van der Waals surface area contributed by atoms with Crippen LogP contribution in [0.3, 0.4) is 0 Å². The van der Waals surface area contributed by atoms with E-state index < -0.39 is 0 Å². The first-order chi connectivity index (χ1) is 17.1. The molecule has 1 amide bonds. The van der Waals surface area contributed by atoms with Crippen LogP contribution in [0.4, 0.5) is 5.69 Å². The minimum Gasteiger partial charge on any atom is -0.495 e. The number of anilines is 1. The molecule has 1 aliphatic heterocycles. The van der Waals surface area contributed by atoms with Crippen molar-refractivity contribution >= 4 is 34.2 Å². The number of carbonyl (C=O) groups excluding carboxylic acids is 1. The molecule has 1 aliphatic rings. The third-order valence-electron chi connectivity index (χ3n) is 6.52. The van der Waals surface area contributed by atoms with Gasteiger partial charge in [0, 0.05) is 23.9 Å². The fourth-order valence-corrected chi connectivity index (χ4v) is 4.87. The number of hydrogen-bond donors (Lipinski definition) is 0. The Balaban J connectivity index is 1.40. The van der Waals surface area contributed by atoms with Crippen molar-refractivity contribution in [2.75, 3.05) is 25.2 Å². The number of benzene rings is 3. The summed E-state index contributed by atoms with van der Waals surface area (Å²) in [6.45, 7) is 3.79. The first-order valence-electron chi connectivity index (χ1n) is 11.9. The van der Waals surface area contributed by atoms with Gasteiger partial charge in [0.2, 0.25) is 5.91 Å². The van der Waals surface area contributed by atoms with E-state index in [0.717, 1.165) is 29.0 Å². The molecule has 0 bridgehead atoms. The molecule has 0 saturated carbocycles. The van der Waals surface area contributed by atoms with Crippen LogP contribution < -0.4 is 14.4 Å². The van der Waals surface area contributed by atoms with Gasteiger partial charge in [-0.25, -0.2) is 4.98 Å². The summed E-state index contributed by atoms with van der Waals surface area (Å²) in [5, 5.41) is 0.563. The number of para-hydroxylation sites is 2. The molecule has 0 radical (unpaired) electrons. The van der Waals surface area contributed by atoms with Crippen molar-refractivity contribution in [1.82, 2.24) is 9.55 Å². The summed E-state index contributed by atoms with van der Waals surface area (Å²) < 4.78 is 13.7. The average Bonchev–Trinajstić information content (AvgIpc) is 3.45. The molecule has 1 unspecified atom stereocenters. The number of ether oxygens (including phenoxy) is 2. The van der Waals surface area contributed by atoms with Crippen molar-refractivity contribution in [1.29, 1.82) is 0 Å². The van der Waals surface area contributed by atoms with Crippen LogP contribution in [0.5, 0.6) is 11.5 Å². The van der Waals surface area contributed by atoms with Crippen molar-refractivity contribution in [3.8, 4) is 11.5 Å². The Morgan fingerprint density at radius 1 is 1.09 bits per heavy atom. The lowest BCUT2D eigenvalue weighted by Crippen LogP contribution is -2.25. The van der Waals surface area contributed by atoms with Gasteiger partial charge in [-0.3, -0.25) is 4.79 Å². The molecule has 1 saturated heterocycles. The highest BCUT2D eigenvalue weighted by Crippen LogP contribution is 2.38. The average molecular weight is 490 g/mol. The van der Waals surface area contributed by atoms with Gasteiger partial charge < -0.3 is 18.9 Å². The van der Waals surface area contributed by atoms with Gasteiger partial charge in [0.1, 0.15) is 23.9 Å². The van der Waals surface area contributed by atoms with Crippen molar-refractivity contribution in [2.45, 2.75) is 32.2 Å². The summed E-state index contributed by atoms with van der Waals surface area (Å²) in [6, 6.07) is 21.6.